The maximum Gasteiger partial charge on any atom is 0.227 e. The van der Waals surface area contributed by atoms with Crippen LogP contribution in [0.1, 0.15) is 5.56 Å². The average Bonchev–Trinajstić information content (AvgIpc) is 2.63. The highest BCUT2D eigenvalue weighted by Crippen LogP contribution is 2.20. The minimum Gasteiger partial charge on any atom is -0.496 e. The molecule has 1 amide bonds. The van der Waals surface area contributed by atoms with Gasteiger partial charge < -0.3 is 14.5 Å². The van der Waals surface area contributed by atoms with Gasteiger partial charge in [0.25, 0.3) is 0 Å². The first-order chi connectivity index (χ1) is 11.3. The maximum absolute atomic E-state index is 12.5. The topological polar surface area (TPSA) is 45.7 Å². The van der Waals surface area contributed by atoms with Crippen LogP contribution in [0.2, 0.25) is 0 Å². The monoisotopic (exact) mass is 311 g/mol. The number of hydrogen-bond acceptors (Lipinski definition) is 4. The Morgan fingerprint density at radius 1 is 1.09 bits per heavy atom. The molecule has 0 N–H and O–H groups in total. The number of piperazine rings is 1. The molecule has 0 atom stereocenters. The fraction of sp³-hybridized carbons (Fsp3) is 0.333. The molecule has 1 aromatic heterocycles. The molecule has 2 heterocycles. The maximum atomic E-state index is 12.5. The molecule has 2 aromatic rings. The first kappa shape index (κ1) is 15.3. The summed E-state index contributed by atoms with van der Waals surface area (Å²) in [5, 5.41) is 0. The van der Waals surface area contributed by atoms with Crippen LogP contribution in [0.4, 0.5) is 5.69 Å². The number of hydrogen-bond donors (Lipinski definition) is 0. The van der Waals surface area contributed by atoms with Crippen LogP contribution in [0.3, 0.4) is 0 Å². The summed E-state index contributed by atoms with van der Waals surface area (Å²) in [5.41, 5.74) is 2.10. The lowest BCUT2D eigenvalue weighted by Crippen LogP contribution is -2.49. The highest BCUT2D eigenvalue weighted by atomic mass is 16.5. The first-order valence-electron chi connectivity index (χ1n) is 7.82. The number of para-hydroxylation sites is 1. The van der Waals surface area contributed by atoms with Crippen molar-refractivity contribution in [2.75, 3.05) is 38.2 Å². The summed E-state index contributed by atoms with van der Waals surface area (Å²) in [4.78, 5) is 20.8. The van der Waals surface area contributed by atoms with Crippen molar-refractivity contribution in [1.29, 1.82) is 0 Å². The SMILES string of the molecule is COc1ccccc1CC(=O)N1CCN(c2ccncc2)CC1. The molecule has 5 nitrogen and oxygen atoms in total. The van der Waals surface area contributed by atoms with Gasteiger partial charge in [0.2, 0.25) is 5.91 Å². The number of aromatic nitrogens is 1. The first-order valence-corrected chi connectivity index (χ1v) is 7.82. The van der Waals surface area contributed by atoms with Gasteiger partial charge in [0.05, 0.1) is 13.5 Å². The molecule has 23 heavy (non-hydrogen) atoms. The zero-order valence-electron chi connectivity index (χ0n) is 13.3. The summed E-state index contributed by atoms with van der Waals surface area (Å²) in [6.07, 6.45) is 3.99. The minimum atomic E-state index is 0.156. The smallest absolute Gasteiger partial charge is 0.227 e. The van der Waals surface area contributed by atoms with Gasteiger partial charge in [-0.25, -0.2) is 0 Å². The third kappa shape index (κ3) is 3.62. The van der Waals surface area contributed by atoms with Crippen molar-refractivity contribution < 1.29 is 9.53 Å². The molecular weight excluding hydrogens is 290 g/mol. The summed E-state index contributed by atoms with van der Waals surface area (Å²) in [6, 6.07) is 11.7. The molecule has 0 bridgehead atoms. The molecule has 3 rings (SSSR count). The van der Waals surface area contributed by atoms with Crippen LogP contribution < -0.4 is 9.64 Å². The normalized spacial score (nSPS) is 14.7. The Kier molecular flexibility index (Phi) is 4.76. The summed E-state index contributed by atoms with van der Waals surface area (Å²) < 4.78 is 5.32. The summed E-state index contributed by atoms with van der Waals surface area (Å²) in [6.45, 7) is 3.19. The van der Waals surface area contributed by atoms with E-state index >= 15 is 0 Å². The lowest BCUT2D eigenvalue weighted by molar-refractivity contribution is -0.130. The Morgan fingerprint density at radius 2 is 1.78 bits per heavy atom. The van der Waals surface area contributed by atoms with Gasteiger partial charge in [-0.2, -0.15) is 0 Å². The van der Waals surface area contributed by atoms with Crippen LogP contribution in [-0.4, -0.2) is 49.1 Å². The summed E-state index contributed by atoms with van der Waals surface area (Å²) in [7, 11) is 1.64. The van der Waals surface area contributed by atoms with Crippen molar-refractivity contribution >= 4 is 11.6 Å². The lowest BCUT2D eigenvalue weighted by Gasteiger charge is -2.36. The van der Waals surface area contributed by atoms with E-state index in [4.69, 9.17) is 4.74 Å². The second kappa shape index (κ2) is 7.13. The molecule has 1 aliphatic rings. The molecule has 0 spiro atoms. The van der Waals surface area contributed by atoms with Gasteiger partial charge in [-0.1, -0.05) is 18.2 Å². The van der Waals surface area contributed by atoms with Crippen LogP contribution in [-0.2, 0) is 11.2 Å². The second-order valence-electron chi connectivity index (χ2n) is 5.56. The van der Waals surface area contributed by atoms with E-state index in [1.54, 1.807) is 19.5 Å². The van der Waals surface area contributed by atoms with Crippen molar-refractivity contribution in [3.63, 3.8) is 0 Å². The quantitative estimate of drug-likeness (QED) is 0.866. The fourth-order valence-electron chi connectivity index (χ4n) is 2.89. The molecule has 0 aliphatic carbocycles. The van der Waals surface area contributed by atoms with E-state index in [2.05, 4.69) is 9.88 Å². The summed E-state index contributed by atoms with van der Waals surface area (Å²) >= 11 is 0. The highest BCUT2D eigenvalue weighted by Gasteiger charge is 2.22. The van der Waals surface area contributed by atoms with Gasteiger partial charge >= 0.3 is 0 Å². The molecule has 1 saturated heterocycles. The van der Waals surface area contributed by atoms with Crippen LogP contribution in [0, 0.1) is 0 Å². The van der Waals surface area contributed by atoms with E-state index in [1.165, 1.54) is 0 Å². The number of methoxy groups -OCH3 is 1. The predicted molar refractivity (Wildman–Crippen MR) is 89.7 cm³/mol. The lowest BCUT2D eigenvalue weighted by atomic mass is 10.1. The van der Waals surface area contributed by atoms with Crippen molar-refractivity contribution in [3.05, 3.63) is 54.4 Å². The van der Waals surface area contributed by atoms with E-state index < -0.39 is 0 Å². The average molecular weight is 311 g/mol. The Labute approximate surface area is 136 Å². The third-order valence-electron chi connectivity index (χ3n) is 4.19. The molecule has 0 radical (unpaired) electrons. The Morgan fingerprint density at radius 3 is 2.48 bits per heavy atom. The zero-order chi connectivity index (χ0) is 16.1. The number of pyridine rings is 1. The number of benzene rings is 1. The molecule has 1 fully saturated rings. The molecule has 0 saturated carbocycles. The van der Waals surface area contributed by atoms with Gasteiger partial charge in [-0.05, 0) is 18.2 Å². The molecule has 0 unspecified atom stereocenters. The standard InChI is InChI=1S/C18H21N3O2/c1-23-17-5-3-2-4-15(17)14-18(22)21-12-10-20(11-13-21)16-6-8-19-9-7-16/h2-9H,10-14H2,1H3. The van der Waals surface area contributed by atoms with Gasteiger partial charge in [0.15, 0.2) is 0 Å². The van der Waals surface area contributed by atoms with E-state index in [9.17, 15) is 4.79 Å². The number of rotatable bonds is 4. The van der Waals surface area contributed by atoms with Crippen molar-refractivity contribution in [3.8, 4) is 5.75 Å². The number of carbonyl (C=O) groups is 1. The number of amides is 1. The van der Waals surface area contributed by atoms with Crippen molar-refractivity contribution in [1.82, 2.24) is 9.88 Å². The Hall–Kier alpha value is -2.56. The van der Waals surface area contributed by atoms with Crippen LogP contribution >= 0.6 is 0 Å². The Balaban J connectivity index is 1.58. The van der Waals surface area contributed by atoms with E-state index in [1.807, 2.05) is 41.3 Å². The summed E-state index contributed by atoms with van der Waals surface area (Å²) in [5.74, 6) is 0.931. The number of carbonyl (C=O) groups excluding carboxylic acids is 1. The van der Waals surface area contributed by atoms with E-state index in [0.29, 0.717) is 6.42 Å². The second-order valence-corrected chi connectivity index (χ2v) is 5.56. The molecule has 5 heteroatoms. The van der Waals surface area contributed by atoms with Crippen molar-refractivity contribution in [2.24, 2.45) is 0 Å². The van der Waals surface area contributed by atoms with Gasteiger partial charge in [0.1, 0.15) is 5.75 Å². The van der Waals surface area contributed by atoms with Crippen LogP contribution in [0.5, 0.6) is 5.75 Å². The molecule has 120 valence electrons. The third-order valence-corrected chi connectivity index (χ3v) is 4.19. The molecule has 1 aliphatic heterocycles. The zero-order valence-corrected chi connectivity index (χ0v) is 13.3. The largest absolute Gasteiger partial charge is 0.496 e. The van der Waals surface area contributed by atoms with Crippen LogP contribution in [0.25, 0.3) is 0 Å². The van der Waals surface area contributed by atoms with E-state index in [0.717, 1.165) is 43.2 Å². The van der Waals surface area contributed by atoms with Gasteiger partial charge in [0, 0.05) is 49.8 Å². The fourth-order valence-corrected chi connectivity index (χ4v) is 2.89. The van der Waals surface area contributed by atoms with E-state index in [-0.39, 0.29) is 5.91 Å². The number of anilines is 1. The number of ether oxygens (including phenoxy) is 1. The number of nitrogens with zero attached hydrogens (tertiary/aromatic N) is 3. The molecular formula is C18H21N3O2. The molecule has 1 aromatic carbocycles. The minimum absolute atomic E-state index is 0.156. The van der Waals surface area contributed by atoms with Gasteiger partial charge in [-0.3, -0.25) is 9.78 Å². The van der Waals surface area contributed by atoms with Gasteiger partial charge in [-0.15, -0.1) is 0 Å². The predicted octanol–water partition coefficient (Wildman–Crippen LogP) is 1.98. The Bertz CT molecular complexity index is 652. The highest BCUT2D eigenvalue weighted by molar-refractivity contribution is 5.79. The van der Waals surface area contributed by atoms with Crippen molar-refractivity contribution in [2.45, 2.75) is 6.42 Å². The van der Waals surface area contributed by atoms with Crippen LogP contribution in [0.15, 0.2) is 48.8 Å².